The summed E-state index contributed by atoms with van der Waals surface area (Å²) < 4.78 is 15.6. The van der Waals surface area contributed by atoms with Crippen LogP contribution in [-0.4, -0.2) is 37.0 Å². The van der Waals surface area contributed by atoms with Crippen LogP contribution in [0.25, 0.3) is 0 Å². The van der Waals surface area contributed by atoms with Gasteiger partial charge < -0.3 is 24.8 Å². The Morgan fingerprint density at radius 2 is 1.79 bits per heavy atom. The summed E-state index contributed by atoms with van der Waals surface area (Å²) in [5.41, 5.74) is 1.05. The standard InChI is InChI=1S/C23H18N2O7S/c1-13(26)16-9-18-19(32-12-31-18)10-17(16)25-21(27)11-30-23(29)14-4-2-5-15(8-14)24-22(28)20-6-3-7-33-20/h2-10H,11-12H2,1H3,(H,24,28)(H,25,27). The number of anilines is 2. The van der Waals surface area contributed by atoms with E-state index in [9.17, 15) is 19.2 Å². The number of carbonyl (C=O) groups excluding carboxylic acids is 4. The molecule has 9 nitrogen and oxygen atoms in total. The van der Waals surface area contributed by atoms with Gasteiger partial charge in [-0.25, -0.2) is 4.79 Å². The normalized spacial score (nSPS) is 11.5. The first-order chi connectivity index (χ1) is 15.9. The molecule has 2 aromatic carbocycles. The van der Waals surface area contributed by atoms with Crippen LogP contribution in [0.1, 0.15) is 37.3 Å². The first-order valence-corrected chi connectivity index (χ1v) is 10.6. The molecule has 1 aromatic heterocycles. The number of esters is 1. The molecular formula is C23H18N2O7S. The summed E-state index contributed by atoms with van der Waals surface area (Å²) in [6, 6.07) is 12.6. The molecular weight excluding hydrogens is 448 g/mol. The molecule has 1 aliphatic rings. The van der Waals surface area contributed by atoms with Gasteiger partial charge in [0.1, 0.15) is 0 Å². The van der Waals surface area contributed by atoms with E-state index in [0.717, 1.165) is 0 Å². The van der Waals surface area contributed by atoms with E-state index in [0.29, 0.717) is 22.1 Å². The number of hydrogen-bond acceptors (Lipinski definition) is 8. The maximum Gasteiger partial charge on any atom is 0.338 e. The molecule has 4 rings (SSSR count). The molecule has 0 radical (unpaired) electrons. The zero-order valence-electron chi connectivity index (χ0n) is 17.4. The van der Waals surface area contributed by atoms with Crippen molar-refractivity contribution in [1.82, 2.24) is 0 Å². The van der Waals surface area contributed by atoms with Gasteiger partial charge in [-0.2, -0.15) is 0 Å². The molecule has 0 bridgehead atoms. The molecule has 33 heavy (non-hydrogen) atoms. The van der Waals surface area contributed by atoms with Gasteiger partial charge in [0.05, 0.1) is 16.1 Å². The Balaban J connectivity index is 1.37. The average Bonchev–Trinajstić information content (AvgIpc) is 3.49. The Bertz CT molecular complexity index is 1240. The molecule has 0 spiro atoms. The minimum Gasteiger partial charge on any atom is -0.454 e. The van der Waals surface area contributed by atoms with Gasteiger partial charge in [-0.05, 0) is 42.6 Å². The predicted octanol–water partition coefficient (Wildman–Crippen LogP) is 3.73. The Morgan fingerprint density at radius 1 is 1.00 bits per heavy atom. The highest BCUT2D eigenvalue weighted by atomic mass is 32.1. The summed E-state index contributed by atoms with van der Waals surface area (Å²) >= 11 is 1.30. The molecule has 0 aliphatic carbocycles. The number of Topliss-reactive ketones (excluding diaryl/α,β-unsaturated/α-hetero) is 1. The fourth-order valence-corrected chi connectivity index (χ4v) is 3.68. The van der Waals surface area contributed by atoms with Crippen LogP contribution in [0.4, 0.5) is 11.4 Å². The fraction of sp³-hybridized carbons (Fsp3) is 0.130. The van der Waals surface area contributed by atoms with Crippen LogP contribution < -0.4 is 20.1 Å². The second-order valence-electron chi connectivity index (χ2n) is 6.94. The molecule has 168 valence electrons. The highest BCUT2D eigenvalue weighted by molar-refractivity contribution is 7.12. The van der Waals surface area contributed by atoms with Gasteiger partial charge >= 0.3 is 5.97 Å². The van der Waals surface area contributed by atoms with E-state index in [1.165, 1.54) is 42.5 Å². The van der Waals surface area contributed by atoms with Crippen molar-refractivity contribution in [2.45, 2.75) is 6.92 Å². The number of hydrogen-bond donors (Lipinski definition) is 2. The van der Waals surface area contributed by atoms with E-state index in [1.54, 1.807) is 29.6 Å². The SMILES string of the molecule is CC(=O)c1cc2c(cc1NC(=O)COC(=O)c1cccc(NC(=O)c3cccs3)c1)OCO2. The maximum absolute atomic E-state index is 12.4. The summed E-state index contributed by atoms with van der Waals surface area (Å²) in [5, 5.41) is 7.05. The van der Waals surface area contributed by atoms with Crippen LogP contribution in [-0.2, 0) is 9.53 Å². The van der Waals surface area contributed by atoms with E-state index in [1.807, 2.05) is 0 Å². The van der Waals surface area contributed by atoms with Crippen molar-refractivity contribution in [3.8, 4) is 11.5 Å². The summed E-state index contributed by atoms with van der Waals surface area (Å²) in [7, 11) is 0. The van der Waals surface area contributed by atoms with Crippen LogP contribution >= 0.6 is 11.3 Å². The molecule has 0 unspecified atom stereocenters. The van der Waals surface area contributed by atoms with Gasteiger partial charge in [-0.3, -0.25) is 14.4 Å². The first kappa shape index (κ1) is 22.0. The van der Waals surface area contributed by atoms with Crippen LogP contribution in [0.2, 0.25) is 0 Å². The van der Waals surface area contributed by atoms with Crippen molar-refractivity contribution in [3.05, 3.63) is 69.9 Å². The quantitative estimate of drug-likeness (QED) is 0.402. The Kier molecular flexibility index (Phi) is 6.36. The molecule has 0 saturated heterocycles. The average molecular weight is 466 g/mol. The third-order valence-electron chi connectivity index (χ3n) is 4.60. The largest absolute Gasteiger partial charge is 0.454 e. The Labute approximate surface area is 192 Å². The highest BCUT2D eigenvalue weighted by Crippen LogP contribution is 2.37. The molecule has 0 fully saturated rings. The van der Waals surface area contributed by atoms with Crippen molar-refractivity contribution >= 4 is 46.3 Å². The lowest BCUT2D eigenvalue weighted by atomic mass is 10.1. The van der Waals surface area contributed by atoms with Crippen molar-refractivity contribution in [2.24, 2.45) is 0 Å². The number of benzene rings is 2. The third-order valence-corrected chi connectivity index (χ3v) is 5.47. The van der Waals surface area contributed by atoms with Gasteiger partial charge in [0.25, 0.3) is 11.8 Å². The van der Waals surface area contributed by atoms with Gasteiger partial charge in [0, 0.05) is 17.3 Å². The van der Waals surface area contributed by atoms with E-state index < -0.39 is 18.5 Å². The molecule has 2 amide bonds. The number of rotatable bonds is 7. The van der Waals surface area contributed by atoms with Gasteiger partial charge in [0.15, 0.2) is 23.9 Å². The second kappa shape index (κ2) is 9.53. The summed E-state index contributed by atoms with van der Waals surface area (Å²) in [6.45, 7) is 0.808. The summed E-state index contributed by atoms with van der Waals surface area (Å²) in [4.78, 5) is 49.4. The molecule has 0 atom stereocenters. The van der Waals surface area contributed by atoms with E-state index >= 15 is 0 Å². The minimum atomic E-state index is -0.741. The molecule has 2 N–H and O–H groups in total. The molecule has 10 heteroatoms. The monoisotopic (exact) mass is 466 g/mol. The van der Waals surface area contributed by atoms with E-state index in [2.05, 4.69) is 10.6 Å². The van der Waals surface area contributed by atoms with Gasteiger partial charge in [-0.15, -0.1) is 11.3 Å². The highest BCUT2D eigenvalue weighted by Gasteiger charge is 2.21. The fourth-order valence-electron chi connectivity index (χ4n) is 3.06. The second-order valence-corrected chi connectivity index (χ2v) is 7.89. The minimum absolute atomic E-state index is 0.0224. The zero-order valence-corrected chi connectivity index (χ0v) is 18.2. The van der Waals surface area contributed by atoms with Crippen LogP contribution in [0.15, 0.2) is 53.9 Å². The maximum atomic E-state index is 12.4. The summed E-state index contributed by atoms with van der Waals surface area (Å²) in [5.74, 6) is -1.13. The predicted molar refractivity (Wildman–Crippen MR) is 120 cm³/mol. The number of ether oxygens (including phenoxy) is 3. The Hall–Kier alpha value is -4.18. The lowest BCUT2D eigenvalue weighted by Crippen LogP contribution is -2.22. The van der Waals surface area contributed by atoms with Crippen molar-refractivity contribution in [1.29, 1.82) is 0 Å². The lowest BCUT2D eigenvalue weighted by Gasteiger charge is -2.11. The van der Waals surface area contributed by atoms with Crippen molar-refractivity contribution in [2.75, 3.05) is 24.0 Å². The molecule has 0 saturated carbocycles. The van der Waals surface area contributed by atoms with Crippen LogP contribution in [0, 0.1) is 0 Å². The van der Waals surface area contributed by atoms with E-state index in [-0.39, 0.29) is 35.3 Å². The molecule has 2 heterocycles. The third kappa shape index (κ3) is 5.18. The zero-order chi connectivity index (χ0) is 23.4. The van der Waals surface area contributed by atoms with Crippen LogP contribution in [0.3, 0.4) is 0 Å². The number of carbonyl (C=O) groups is 4. The first-order valence-electron chi connectivity index (χ1n) is 9.77. The van der Waals surface area contributed by atoms with E-state index in [4.69, 9.17) is 14.2 Å². The topological polar surface area (TPSA) is 120 Å². The van der Waals surface area contributed by atoms with Gasteiger partial charge in [-0.1, -0.05) is 12.1 Å². The number of ketones is 1. The number of thiophene rings is 1. The van der Waals surface area contributed by atoms with Gasteiger partial charge in [0.2, 0.25) is 6.79 Å². The molecule has 3 aromatic rings. The molecule has 1 aliphatic heterocycles. The number of amides is 2. The van der Waals surface area contributed by atoms with Crippen molar-refractivity contribution < 1.29 is 33.4 Å². The number of nitrogens with one attached hydrogen (secondary N) is 2. The summed E-state index contributed by atoms with van der Waals surface area (Å²) in [6.07, 6.45) is 0. The van der Waals surface area contributed by atoms with Crippen LogP contribution in [0.5, 0.6) is 11.5 Å². The lowest BCUT2D eigenvalue weighted by molar-refractivity contribution is -0.119. The Morgan fingerprint density at radius 3 is 2.52 bits per heavy atom. The number of fused-ring (bicyclic) bond motifs is 1. The van der Waals surface area contributed by atoms with Crippen molar-refractivity contribution in [3.63, 3.8) is 0 Å². The smallest absolute Gasteiger partial charge is 0.338 e.